The van der Waals surface area contributed by atoms with E-state index in [4.69, 9.17) is 0 Å². The maximum atomic E-state index is 13.1. The zero-order chi connectivity index (χ0) is 22.4. The first-order valence-electron chi connectivity index (χ1n) is 11.6. The average molecular weight is 441 g/mol. The first-order valence-corrected chi connectivity index (χ1v) is 11.6. The number of nitrogens with one attached hydrogen (secondary N) is 2. The highest BCUT2D eigenvalue weighted by Crippen LogP contribution is 2.42. The molecule has 0 spiro atoms. The van der Waals surface area contributed by atoms with Gasteiger partial charge >= 0.3 is 0 Å². The van der Waals surface area contributed by atoms with Gasteiger partial charge in [-0.2, -0.15) is 0 Å². The average Bonchev–Trinajstić information content (AvgIpc) is 3.06. The Balaban J connectivity index is 1.30. The van der Waals surface area contributed by atoms with Crippen molar-refractivity contribution in [3.05, 3.63) is 89.1 Å². The van der Waals surface area contributed by atoms with E-state index in [2.05, 4.69) is 51.0 Å². The molecule has 4 bridgehead atoms. The number of nitrogens with zero attached hydrogens (tertiary/aromatic N) is 2. The van der Waals surface area contributed by atoms with Crippen molar-refractivity contribution in [1.82, 2.24) is 20.7 Å². The molecule has 3 aromatic carbocycles. The van der Waals surface area contributed by atoms with Crippen LogP contribution in [0.3, 0.4) is 0 Å². The van der Waals surface area contributed by atoms with Crippen LogP contribution in [0.1, 0.15) is 15.9 Å². The number of carbonyl (C=O) groups is 1. The Hall–Kier alpha value is -3.35. The van der Waals surface area contributed by atoms with Crippen LogP contribution in [0, 0.1) is 5.41 Å². The minimum absolute atomic E-state index is 0.0104. The summed E-state index contributed by atoms with van der Waals surface area (Å²) in [4.78, 5) is 18.2. The molecule has 3 N–H and O–H groups in total. The van der Waals surface area contributed by atoms with Crippen molar-refractivity contribution < 1.29 is 9.90 Å². The van der Waals surface area contributed by atoms with E-state index < -0.39 is 0 Å². The van der Waals surface area contributed by atoms with Gasteiger partial charge in [-0.1, -0.05) is 54.6 Å². The molecule has 4 aliphatic rings. The third-order valence-corrected chi connectivity index (χ3v) is 7.29. The first kappa shape index (κ1) is 20.3. The Morgan fingerprint density at radius 2 is 1.55 bits per heavy atom. The Kier molecular flexibility index (Phi) is 4.85. The van der Waals surface area contributed by atoms with Crippen molar-refractivity contribution in [3.63, 3.8) is 0 Å². The lowest BCUT2D eigenvalue weighted by Crippen LogP contribution is -2.58. The van der Waals surface area contributed by atoms with Crippen LogP contribution in [0.4, 0.5) is 0 Å². The van der Waals surface area contributed by atoms with Gasteiger partial charge in [0.1, 0.15) is 5.75 Å². The number of amides is 1. The predicted octanol–water partition coefficient (Wildman–Crippen LogP) is 2.91. The molecule has 33 heavy (non-hydrogen) atoms. The molecule has 0 radical (unpaired) electrons. The largest absolute Gasteiger partial charge is 0.507 e. The predicted molar refractivity (Wildman–Crippen MR) is 129 cm³/mol. The molecule has 3 aromatic rings. The molecule has 2 saturated heterocycles. The normalized spacial score (nSPS) is 25.8. The van der Waals surface area contributed by atoms with Crippen molar-refractivity contribution in [2.24, 2.45) is 5.41 Å². The first-order chi connectivity index (χ1) is 16.1. The number of aromatic hydroxyl groups is 1. The molecule has 4 aliphatic heterocycles. The number of hydrazine groups is 1. The smallest absolute Gasteiger partial charge is 0.273 e. The third-order valence-electron chi connectivity index (χ3n) is 7.29. The van der Waals surface area contributed by atoms with Crippen LogP contribution in [-0.2, 0) is 6.42 Å². The minimum atomic E-state index is -0.326. The van der Waals surface area contributed by atoms with Gasteiger partial charge < -0.3 is 10.5 Å². The molecular weight excluding hydrogens is 412 g/mol. The van der Waals surface area contributed by atoms with E-state index in [0.29, 0.717) is 0 Å². The Morgan fingerprint density at radius 3 is 2.24 bits per heavy atom. The number of fused-ring (bicyclic) bond motifs is 2. The van der Waals surface area contributed by atoms with E-state index in [9.17, 15) is 9.90 Å². The van der Waals surface area contributed by atoms with Gasteiger partial charge in [0, 0.05) is 50.4 Å². The second kappa shape index (κ2) is 7.90. The Morgan fingerprint density at radius 1 is 0.909 bits per heavy atom. The van der Waals surface area contributed by atoms with Gasteiger partial charge in [-0.15, -0.1) is 0 Å². The summed E-state index contributed by atoms with van der Waals surface area (Å²) in [5, 5.41) is 12.3. The molecular formula is C27H28N4O2. The fourth-order valence-corrected chi connectivity index (χ4v) is 5.90. The molecule has 7 rings (SSSR count). The number of phenols is 1. The van der Waals surface area contributed by atoms with Crippen LogP contribution in [0.2, 0.25) is 0 Å². The molecule has 1 amide bonds. The van der Waals surface area contributed by atoms with Crippen LogP contribution in [0.5, 0.6) is 5.75 Å². The molecule has 6 heteroatoms. The maximum absolute atomic E-state index is 13.1. The summed E-state index contributed by atoms with van der Waals surface area (Å²) in [5.41, 5.74) is 10.2. The van der Waals surface area contributed by atoms with Crippen molar-refractivity contribution in [1.29, 1.82) is 0 Å². The van der Waals surface area contributed by atoms with Crippen LogP contribution in [-0.4, -0.2) is 60.1 Å². The summed E-state index contributed by atoms with van der Waals surface area (Å²) in [6.07, 6.45) is 0.920. The van der Waals surface area contributed by atoms with Gasteiger partial charge in [0.25, 0.3) is 5.91 Å². The summed E-state index contributed by atoms with van der Waals surface area (Å²) in [6, 6.07) is 21.7. The fraction of sp³-hybridized carbons (Fsp3) is 0.296. The van der Waals surface area contributed by atoms with Gasteiger partial charge in [-0.05, 0) is 40.5 Å². The van der Waals surface area contributed by atoms with Gasteiger partial charge in [0.05, 0.1) is 5.56 Å². The van der Waals surface area contributed by atoms with Crippen LogP contribution < -0.4 is 10.9 Å². The van der Waals surface area contributed by atoms with Crippen molar-refractivity contribution >= 4 is 16.7 Å². The second-order valence-electron chi connectivity index (χ2n) is 9.64. The summed E-state index contributed by atoms with van der Waals surface area (Å²) >= 11 is 0. The van der Waals surface area contributed by atoms with Crippen LogP contribution >= 0.6 is 0 Å². The number of hydrogen-bond donors (Lipinski definition) is 3. The summed E-state index contributed by atoms with van der Waals surface area (Å²) in [6.45, 7) is 6.00. The van der Waals surface area contributed by atoms with Crippen LogP contribution in [0.15, 0.2) is 78.0 Å². The van der Waals surface area contributed by atoms with Crippen molar-refractivity contribution in [2.75, 3.05) is 39.3 Å². The summed E-state index contributed by atoms with van der Waals surface area (Å²) in [7, 11) is 0. The third kappa shape index (κ3) is 3.65. The topological polar surface area (TPSA) is 67.8 Å². The Bertz CT molecular complexity index is 1240. The lowest BCUT2D eigenvalue weighted by molar-refractivity contribution is 0.0907. The van der Waals surface area contributed by atoms with E-state index in [1.165, 1.54) is 11.1 Å². The molecule has 2 atom stereocenters. The second-order valence-corrected chi connectivity index (χ2v) is 9.64. The molecule has 0 aliphatic carbocycles. The number of carbonyl (C=O) groups excluding carboxylic acids is 1. The standard InChI is InChI=1S/C27H28N4O2/c32-24-13-21-9-5-4-8-20(21)12-23(24)26(33)29-28-25-22-15-30-10-11-31(16-22)18-27(25,17-30)14-19-6-2-1-3-7-19/h1-9,12-13,28,32H,10-11,14-18H2,(H,29,33). The lowest BCUT2D eigenvalue weighted by atomic mass is 9.72. The van der Waals surface area contributed by atoms with Crippen LogP contribution in [0.25, 0.3) is 10.8 Å². The van der Waals surface area contributed by atoms with Gasteiger partial charge in [-0.3, -0.25) is 20.0 Å². The SMILES string of the molecule is O=C(NNC1=C2CN3CCN(C2)CC1(Cc1ccccc1)C3)c1cc2ccccc2cc1O. The minimum Gasteiger partial charge on any atom is -0.507 e. The van der Waals surface area contributed by atoms with Crippen molar-refractivity contribution in [3.8, 4) is 5.75 Å². The molecule has 0 aromatic heterocycles. The summed E-state index contributed by atoms with van der Waals surface area (Å²) < 4.78 is 0. The zero-order valence-electron chi connectivity index (χ0n) is 18.6. The number of benzene rings is 3. The van der Waals surface area contributed by atoms with E-state index in [0.717, 1.165) is 62.2 Å². The molecule has 4 heterocycles. The zero-order valence-corrected chi connectivity index (χ0v) is 18.6. The molecule has 168 valence electrons. The summed E-state index contributed by atoms with van der Waals surface area (Å²) in [5.74, 6) is -0.336. The number of phenolic OH excluding ortho intramolecular Hbond substituents is 1. The number of hydrogen-bond acceptors (Lipinski definition) is 5. The monoisotopic (exact) mass is 440 g/mol. The molecule has 2 fully saturated rings. The van der Waals surface area contributed by atoms with Gasteiger partial charge in [0.15, 0.2) is 0 Å². The molecule has 0 saturated carbocycles. The van der Waals surface area contributed by atoms with E-state index in [1.807, 2.05) is 24.3 Å². The highest BCUT2D eigenvalue weighted by atomic mass is 16.3. The fourth-order valence-electron chi connectivity index (χ4n) is 5.90. The van der Waals surface area contributed by atoms with Gasteiger partial charge in [0.2, 0.25) is 0 Å². The highest BCUT2D eigenvalue weighted by Gasteiger charge is 2.48. The van der Waals surface area contributed by atoms with E-state index in [-0.39, 0.29) is 22.6 Å². The highest BCUT2D eigenvalue weighted by molar-refractivity contribution is 6.01. The van der Waals surface area contributed by atoms with Gasteiger partial charge in [-0.25, -0.2) is 0 Å². The van der Waals surface area contributed by atoms with Crippen molar-refractivity contribution in [2.45, 2.75) is 6.42 Å². The van der Waals surface area contributed by atoms with E-state index in [1.54, 1.807) is 12.1 Å². The number of rotatable bonds is 5. The quantitative estimate of drug-likeness (QED) is 0.533. The lowest BCUT2D eigenvalue weighted by Gasteiger charge is -2.48. The molecule has 2 unspecified atom stereocenters. The Labute approximate surface area is 193 Å². The van der Waals surface area contributed by atoms with E-state index >= 15 is 0 Å². The molecule has 6 nitrogen and oxygen atoms in total. The maximum Gasteiger partial charge on any atom is 0.273 e.